The molecule has 1 aliphatic rings. The summed E-state index contributed by atoms with van der Waals surface area (Å²) in [5.41, 5.74) is 1.04. The van der Waals surface area contributed by atoms with Crippen LogP contribution in [0.2, 0.25) is 0 Å². The summed E-state index contributed by atoms with van der Waals surface area (Å²) in [5, 5.41) is 0. The third-order valence-corrected chi connectivity index (χ3v) is 3.70. The van der Waals surface area contributed by atoms with Gasteiger partial charge in [-0.2, -0.15) is 0 Å². The maximum Gasteiger partial charge on any atom is 0.219 e. The van der Waals surface area contributed by atoms with Crippen LogP contribution in [0.3, 0.4) is 0 Å². The molecule has 2 rings (SSSR count). The zero-order valence-electron chi connectivity index (χ0n) is 11.8. The zero-order valence-corrected chi connectivity index (χ0v) is 11.8. The van der Waals surface area contributed by atoms with Crippen LogP contribution in [0.5, 0.6) is 11.5 Å². The number of carbonyl (C=O) groups is 1. The van der Waals surface area contributed by atoms with Gasteiger partial charge in [0.05, 0.1) is 20.3 Å². The van der Waals surface area contributed by atoms with Gasteiger partial charge in [-0.15, -0.1) is 0 Å². The first kappa shape index (κ1) is 13.7. The van der Waals surface area contributed by atoms with E-state index < -0.39 is 0 Å². The zero-order chi connectivity index (χ0) is 13.8. The quantitative estimate of drug-likeness (QED) is 0.841. The van der Waals surface area contributed by atoms with Crippen molar-refractivity contribution in [3.05, 3.63) is 23.8 Å². The first-order chi connectivity index (χ1) is 9.17. The van der Waals surface area contributed by atoms with Gasteiger partial charge in [0.15, 0.2) is 0 Å². The first-order valence-corrected chi connectivity index (χ1v) is 6.66. The molecule has 4 nitrogen and oxygen atoms in total. The Morgan fingerprint density at radius 3 is 2.68 bits per heavy atom. The van der Waals surface area contributed by atoms with E-state index in [-0.39, 0.29) is 11.9 Å². The van der Waals surface area contributed by atoms with E-state index >= 15 is 0 Å². The molecule has 1 unspecified atom stereocenters. The maximum absolute atomic E-state index is 11.8. The fourth-order valence-electron chi connectivity index (χ4n) is 2.73. The second-order valence-electron chi connectivity index (χ2n) is 4.83. The Bertz CT molecular complexity index is 459. The number of ether oxygens (including phenoxy) is 2. The Hall–Kier alpha value is -1.71. The smallest absolute Gasteiger partial charge is 0.219 e. The van der Waals surface area contributed by atoms with Crippen molar-refractivity contribution in [1.29, 1.82) is 0 Å². The molecule has 1 saturated heterocycles. The van der Waals surface area contributed by atoms with Crippen molar-refractivity contribution in [2.75, 3.05) is 20.8 Å². The standard InChI is InChI=1S/C15H21NO3/c1-11(17)16-9-5-4-6-14(16)13-10-12(18-2)7-8-15(13)19-3/h7-8,10,14H,4-6,9H2,1-3H3. The second-order valence-corrected chi connectivity index (χ2v) is 4.83. The average Bonchev–Trinajstić information content (AvgIpc) is 2.46. The average molecular weight is 263 g/mol. The molecule has 0 aliphatic carbocycles. The number of nitrogens with zero attached hydrogens (tertiary/aromatic N) is 1. The summed E-state index contributed by atoms with van der Waals surface area (Å²) in [6, 6.07) is 5.85. The van der Waals surface area contributed by atoms with Gasteiger partial charge in [-0.25, -0.2) is 0 Å². The van der Waals surface area contributed by atoms with Gasteiger partial charge >= 0.3 is 0 Å². The van der Waals surface area contributed by atoms with Gasteiger partial charge in [-0.3, -0.25) is 4.79 Å². The van der Waals surface area contributed by atoms with E-state index in [4.69, 9.17) is 9.47 Å². The predicted molar refractivity (Wildman–Crippen MR) is 73.5 cm³/mol. The largest absolute Gasteiger partial charge is 0.497 e. The topological polar surface area (TPSA) is 38.8 Å². The summed E-state index contributed by atoms with van der Waals surface area (Å²) in [4.78, 5) is 13.7. The predicted octanol–water partition coefficient (Wildman–Crippen LogP) is 2.78. The normalized spacial score (nSPS) is 19.1. The molecule has 0 radical (unpaired) electrons. The van der Waals surface area contributed by atoms with Crippen LogP contribution in [0.15, 0.2) is 18.2 Å². The van der Waals surface area contributed by atoms with Crippen LogP contribution >= 0.6 is 0 Å². The van der Waals surface area contributed by atoms with Gasteiger partial charge < -0.3 is 14.4 Å². The molecule has 0 N–H and O–H groups in total. The van der Waals surface area contributed by atoms with E-state index in [2.05, 4.69) is 0 Å². The number of carbonyl (C=O) groups excluding carboxylic acids is 1. The van der Waals surface area contributed by atoms with Gasteiger partial charge in [0, 0.05) is 19.0 Å². The van der Waals surface area contributed by atoms with Crippen molar-refractivity contribution in [3.63, 3.8) is 0 Å². The lowest BCUT2D eigenvalue weighted by Crippen LogP contribution is -2.37. The Morgan fingerprint density at radius 2 is 2.05 bits per heavy atom. The highest BCUT2D eigenvalue weighted by atomic mass is 16.5. The SMILES string of the molecule is COc1ccc(OC)c(C2CCCCN2C(C)=O)c1. The number of hydrogen-bond donors (Lipinski definition) is 0. The lowest BCUT2D eigenvalue weighted by Gasteiger charge is -2.36. The van der Waals surface area contributed by atoms with Crippen LogP contribution in [0, 0.1) is 0 Å². The Balaban J connectivity index is 2.39. The van der Waals surface area contributed by atoms with Gasteiger partial charge in [-0.05, 0) is 37.5 Å². The van der Waals surface area contributed by atoms with Crippen molar-refractivity contribution < 1.29 is 14.3 Å². The van der Waals surface area contributed by atoms with E-state index in [9.17, 15) is 4.79 Å². The molecular weight excluding hydrogens is 242 g/mol. The molecule has 1 atom stereocenters. The molecule has 1 aromatic rings. The molecule has 19 heavy (non-hydrogen) atoms. The van der Waals surface area contributed by atoms with E-state index in [0.717, 1.165) is 42.9 Å². The number of hydrogen-bond acceptors (Lipinski definition) is 3. The summed E-state index contributed by atoms with van der Waals surface area (Å²) in [6.07, 6.45) is 3.18. The van der Waals surface area contributed by atoms with Crippen LogP contribution in [0.1, 0.15) is 37.8 Å². The molecule has 1 amide bonds. The number of methoxy groups -OCH3 is 2. The van der Waals surface area contributed by atoms with Gasteiger partial charge in [0.2, 0.25) is 5.91 Å². The second kappa shape index (κ2) is 5.95. The minimum Gasteiger partial charge on any atom is -0.497 e. The van der Waals surface area contributed by atoms with E-state index in [0.29, 0.717) is 0 Å². The molecule has 1 aliphatic heterocycles. The van der Waals surface area contributed by atoms with Gasteiger partial charge in [0.25, 0.3) is 0 Å². The van der Waals surface area contributed by atoms with E-state index in [1.807, 2.05) is 23.1 Å². The summed E-state index contributed by atoms with van der Waals surface area (Å²) in [6.45, 7) is 2.45. The summed E-state index contributed by atoms with van der Waals surface area (Å²) < 4.78 is 10.7. The van der Waals surface area contributed by atoms with Crippen molar-refractivity contribution in [2.24, 2.45) is 0 Å². The third kappa shape index (κ3) is 2.83. The van der Waals surface area contributed by atoms with Crippen molar-refractivity contribution in [3.8, 4) is 11.5 Å². The number of likely N-dealkylation sites (tertiary alicyclic amines) is 1. The van der Waals surface area contributed by atoms with Gasteiger partial charge in [0.1, 0.15) is 11.5 Å². The summed E-state index contributed by atoms with van der Waals surface area (Å²) >= 11 is 0. The van der Waals surface area contributed by atoms with E-state index in [1.165, 1.54) is 0 Å². The minimum absolute atomic E-state index is 0.0938. The van der Waals surface area contributed by atoms with Crippen molar-refractivity contribution in [1.82, 2.24) is 4.90 Å². The molecular formula is C15H21NO3. The molecule has 1 aromatic carbocycles. The van der Waals surface area contributed by atoms with Crippen LogP contribution in [0.4, 0.5) is 0 Å². The Labute approximate surface area is 114 Å². The number of benzene rings is 1. The maximum atomic E-state index is 11.8. The van der Waals surface area contributed by atoms with Crippen LogP contribution in [-0.2, 0) is 4.79 Å². The summed E-state index contributed by atoms with van der Waals surface area (Å²) in [5.74, 6) is 1.73. The van der Waals surface area contributed by atoms with Crippen molar-refractivity contribution >= 4 is 5.91 Å². The van der Waals surface area contributed by atoms with Crippen LogP contribution in [-0.4, -0.2) is 31.6 Å². The molecule has 1 fully saturated rings. The molecule has 4 heteroatoms. The molecule has 1 heterocycles. The fraction of sp³-hybridized carbons (Fsp3) is 0.533. The molecule has 0 spiro atoms. The highest BCUT2D eigenvalue weighted by Crippen LogP contribution is 2.37. The Morgan fingerprint density at radius 1 is 1.26 bits per heavy atom. The number of rotatable bonds is 3. The van der Waals surface area contributed by atoms with E-state index in [1.54, 1.807) is 21.1 Å². The fourth-order valence-corrected chi connectivity index (χ4v) is 2.73. The third-order valence-electron chi connectivity index (χ3n) is 3.70. The Kier molecular flexibility index (Phi) is 4.30. The minimum atomic E-state index is 0.0938. The molecule has 0 saturated carbocycles. The van der Waals surface area contributed by atoms with Crippen LogP contribution in [0.25, 0.3) is 0 Å². The number of amides is 1. The molecule has 104 valence electrons. The summed E-state index contributed by atoms with van der Waals surface area (Å²) in [7, 11) is 3.31. The highest BCUT2D eigenvalue weighted by molar-refractivity contribution is 5.74. The van der Waals surface area contributed by atoms with Crippen LogP contribution < -0.4 is 9.47 Å². The lowest BCUT2D eigenvalue weighted by molar-refractivity contribution is -0.132. The lowest BCUT2D eigenvalue weighted by atomic mass is 9.94. The number of piperidine rings is 1. The van der Waals surface area contributed by atoms with Gasteiger partial charge in [-0.1, -0.05) is 0 Å². The monoisotopic (exact) mass is 263 g/mol. The molecule has 0 aromatic heterocycles. The first-order valence-electron chi connectivity index (χ1n) is 6.66. The van der Waals surface area contributed by atoms with Crippen molar-refractivity contribution in [2.45, 2.75) is 32.2 Å². The highest BCUT2D eigenvalue weighted by Gasteiger charge is 2.28. The molecule has 0 bridgehead atoms.